The monoisotopic (exact) mass is 959 g/mol. The molecule has 0 N–H and O–H groups in total. The van der Waals surface area contributed by atoms with Gasteiger partial charge in [-0.3, -0.25) is 14.4 Å². The summed E-state index contributed by atoms with van der Waals surface area (Å²) in [7, 11) is 0. The summed E-state index contributed by atoms with van der Waals surface area (Å²) in [6.45, 7) is 6.44. The first kappa shape index (κ1) is 65.3. The summed E-state index contributed by atoms with van der Waals surface area (Å²) in [6.07, 6.45) is 75.4. The van der Waals surface area contributed by atoms with Crippen LogP contribution in [0.15, 0.2) is 97.2 Å². The Kier molecular flexibility index (Phi) is 53.9. The van der Waals surface area contributed by atoms with E-state index in [9.17, 15) is 14.4 Å². The van der Waals surface area contributed by atoms with E-state index in [1.807, 2.05) is 0 Å². The van der Waals surface area contributed by atoms with Crippen molar-refractivity contribution in [3.8, 4) is 0 Å². The van der Waals surface area contributed by atoms with Crippen LogP contribution in [0.2, 0.25) is 0 Å². The zero-order valence-corrected chi connectivity index (χ0v) is 45.0. The highest BCUT2D eigenvalue weighted by Crippen LogP contribution is 2.15. The van der Waals surface area contributed by atoms with E-state index in [1.165, 1.54) is 83.5 Å². The molecule has 0 heterocycles. The lowest BCUT2D eigenvalue weighted by Gasteiger charge is -2.18. The Morgan fingerprint density at radius 1 is 0.304 bits per heavy atom. The number of rotatable bonds is 51. The van der Waals surface area contributed by atoms with Gasteiger partial charge in [-0.05, 0) is 96.3 Å². The smallest absolute Gasteiger partial charge is 0.306 e. The van der Waals surface area contributed by atoms with Crippen LogP contribution >= 0.6 is 0 Å². The molecule has 0 bridgehead atoms. The Morgan fingerprint density at radius 2 is 0.594 bits per heavy atom. The van der Waals surface area contributed by atoms with E-state index in [0.717, 1.165) is 141 Å². The average molecular weight is 960 g/mol. The summed E-state index contributed by atoms with van der Waals surface area (Å²) in [6, 6.07) is 0. The highest BCUT2D eigenvalue weighted by atomic mass is 16.6. The molecule has 69 heavy (non-hydrogen) atoms. The molecule has 0 aromatic rings. The van der Waals surface area contributed by atoms with E-state index >= 15 is 0 Å². The molecule has 0 rings (SSSR count). The number of ether oxygens (including phenoxy) is 3. The van der Waals surface area contributed by atoms with Gasteiger partial charge in [0.1, 0.15) is 13.2 Å². The second kappa shape index (κ2) is 56.9. The van der Waals surface area contributed by atoms with Crippen molar-refractivity contribution in [1.82, 2.24) is 0 Å². The van der Waals surface area contributed by atoms with Crippen LogP contribution in [-0.4, -0.2) is 37.2 Å². The molecule has 394 valence electrons. The van der Waals surface area contributed by atoms with Crippen LogP contribution in [-0.2, 0) is 28.6 Å². The van der Waals surface area contributed by atoms with Crippen LogP contribution in [0.3, 0.4) is 0 Å². The van der Waals surface area contributed by atoms with E-state index < -0.39 is 6.10 Å². The van der Waals surface area contributed by atoms with Gasteiger partial charge in [0.2, 0.25) is 0 Å². The van der Waals surface area contributed by atoms with Crippen molar-refractivity contribution in [2.75, 3.05) is 13.2 Å². The van der Waals surface area contributed by atoms with Gasteiger partial charge >= 0.3 is 17.9 Å². The van der Waals surface area contributed by atoms with E-state index in [2.05, 4.69) is 118 Å². The quantitative estimate of drug-likeness (QED) is 0.0262. The first-order chi connectivity index (χ1) is 34.0. The lowest BCUT2D eigenvalue weighted by molar-refractivity contribution is -0.167. The SMILES string of the molecule is CC/C=C\C/C=C\C/C=C\C/C=C\C/C=C\C/C=C\CCCCCCCCC(=O)OCC(COC(=O)CCCCCCCCCCCCCCC)OC(=O)CCCCCCC/C=C\C/C=C\CCC. The van der Waals surface area contributed by atoms with Crippen molar-refractivity contribution in [1.29, 1.82) is 0 Å². The molecular weight excluding hydrogens is 853 g/mol. The van der Waals surface area contributed by atoms with Crippen molar-refractivity contribution >= 4 is 17.9 Å². The third kappa shape index (κ3) is 55.1. The van der Waals surface area contributed by atoms with Crippen LogP contribution in [0, 0.1) is 0 Å². The molecule has 0 saturated carbocycles. The highest BCUT2D eigenvalue weighted by molar-refractivity contribution is 5.71. The van der Waals surface area contributed by atoms with Gasteiger partial charge in [-0.15, -0.1) is 0 Å². The standard InChI is InChI=1S/C63H106O6/c1-4-7-10-13-16-19-22-25-26-27-28-29-30-31-32-33-34-35-36-39-41-44-47-50-53-56-62(65)68-59-60(69-63(66)57-54-51-48-45-42-38-24-21-18-15-12-9-6-3)58-67-61(64)55-52-49-46-43-40-37-23-20-17-14-11-8-5-2/h7,10,12,15-16,19,21,24-26,28-29,31-32,34-35,60H,4-6,8-9,11,13-14,17-18,20,22-23,27,30,33,36-59H2,1-3H3/b10-7-,15-12-,19-16-,24-21-,26-25-,29-28-,32-31-,35-34-. The molecule has 0 radical (unpaired) electrons. The first-order valence-corrected chi connectivity index (χ1v) is 28.7. The summed E-state index contributed by atoms with van der Waals surface area (Å²) in [5, 5.41) is 0. The van der Waals surface area contributed by atoms with Gasteiger partial charge in [-0.1, -0.05) is 246 Å². The molecule has 1 atom stereocenters. The minimum atomic E-state index is -0.790. The Hall–Kier alpha value is -3.67. The second-order valence-electron chi connectivity index (χ2n) is 18.8. The number of hydrogen-bond donors (Lipinski definition) is 0. The van der Waals surface area contributed by atoms with Gasteiger partial charge in [0.05, 0.1) is 0 Å². The molecule has 0 spiro atoms. The highest BCUT2D eigenvalue weighted by Gasteiger charge is 2.19. The van der Waals surface area contributed by atoms with Crippen LogP contribution in [0.25, 0.3) is 0 Å². The van der Waals surface area contributed by atoms with Crippen molar-refractivity contribution in [2.45, 2.75) is 271 Å². The van der Waals surface area contributed by atoms with Gasteiger partial charge < -0.3 is 14.2 Å². The van der Waals surface area contributed by atoms with E-state index in [1.54, 1.807) is 0 Å². The average Bonchev–Trinajstić information content (AvgIpc) is 3.35. The molecule has 0 aliphatic rings. The van der Waals surface area contributed by atoms with Gasteiger partial charge in [-0.25, -0.2) is 0 Å². The molecule has 0 amide bonds. The van der Waals surface area contributed by atoms with E-state index in [0.29, 0.717) is 19.3 Å². The number of allylic oxidation sites excluding steroid dienone is 16. The number of unbranched alkanes of at least 4 members (excludes halogenated alkanes) is 24. The number of hydrogen-bond acceptors (Lipinski definition) is 6. The molecular formula is C63H106O6. The summed E-state index contributed by atoms with van der Waals surface area (Å²) in [4.78, 5) is 38.1. The Bertz CT molecular complexity index is 1380. The number of carbonyl (C=O) groups excluding carboxylic acids is 3. The largest absolute Gasteiger partial charge is 0.462 e. The fourth-order valence-corrected chi connectivity index (χ4v) is 7.78. The molecule has 0 fully saturated rings. The molecule has 0 aliphatic heterocycles. The molecule has 1 unspecified atom stereocenters. The van der Waals surface area contributed by atoms with Crippen LogP contribution in [0.4, 0.5) is 0 Å². The summed E-state index contributed by atoms with van der Waals surface area (Å²) in [5.41, 5.74) is 0. The third-order valence-corrected chi connectivity index (χ3v) is 12.1. The number of carbonyl (C=O) groups is 3. The maximum atomic E-state index is 12.8. The van der Waals surface area contributed by atoms with Crippen LogP contribution in [0.1, 0.15) is 265 Å². The number of esters is 3. The van der Waals surface area contributed by atoms with Crippen LogP contribution < -0.4 is 0 Å². The predicted octanol–water partition coefficient (Wildman–Crippen LogP) is 19.3. The maximum absolute atomic E-state index is 12.8. The van der Waals surface area contributed by atoms with Crippen molar-refractivity contribution in [2.24, 2.45) is 0 Å². The van der Waals surface area contributed by atoms with Crippen molar-refractivity contribution in [3.63, 3.8) is 0 Å². The van der Waals surface area contributed by atoms with Gasteiger partial charge in [-0.2, -0.15) is 0 Å². The molecule has 6 nitrogen and oxygen atoms in total. The summed E-state index contributed by atoms with van der Waals surface area (Å²) < 4.78 is 16.8. The first-order valence-electron chi connectivity index (χ1n) is 28.7. The minimum Gasteiger partial charge on any atom is -0.462 e. The minimum absolute atomic E-state index is 0.0865. The van der Waals surface area contributed by atoms with Gasteiger partial charge in [0.15, 0.2) is 6.10 Å². The normalized spacial score (nSPS) is 12.8. The van der Waals surface area contributed by atoms with Gasteiger partial charge in [0, 0.05) is 19.3 Å². The summed E-state index contributed by atoms with van der Waals surface area (Å²) >= 11 is 0. The molecule has 0 saturated heterocycles. The van der Waals surface area contributed by atoms with Gasteiger partial charge in [0.25, 0.3) is 0 Å². The molecule has 0 aliphatic carbocycles. The Labute approximate surface area is 426 Å². The maximum Gasteiger partial charge on any atom is 0.306 e. The Balaban J connectivity index is 4.35. The topological polar surface area (TPSA) is 78.9 Å². The lowest BCUT2D eigenvalue weighted by atomic mass is 10.0. The van der Waals surface area contributed by atoms with E-state index in [-0.39, 0.29) is 31.1 Å². The zero-order chi connectivity index (χ0) is 50.0. The fourth-order valence-electron chi connectivity index (χ4n) is 7.78. The van der Waals surface area contributed by atoms with E-state index in [4.69, 9.17) is 14.2 Å². The molecule has 6 heteroatoms. The summed E-state index contributed by atoms with van der Waals surface area (Å²) in [5.74, 6) is -0.913. The second-order valence-corrected chi connectivity index (χ2v) is 18.8. The lowest BCUT2D eigenvalue weighted by Crippen LogP contribution is -2.30. The third-order valence-electron chi connectivity index (χ3n) is 12.1. The predicted molar refractivity (Wildman–Crippen MR) is 297 cm³/mol. The molecule has 0 aromatic carbocycles. The Morgan fingerprint density at radius 3 is 0.942 bits per heavy atom. The van der Waals surface area contributed by atoms with Crippen molar-refractivity contribution < 1.29 is 28.6 Å². The zero-order valence-electron chi connectivity index (χ0n) is 45.0. The van der Waals surface area contributed by atoms with Crippen LogP contribution in [0.5, 0.6) is 0 Å². The molecule has 0 aromatic heterocycles. The fraction of sp³-hybridized carbons (Fsp3) is 0.698. The van der Waals surface area contributed by atoms with Crippen molar-refractivity contribution in [3.05, 3.63) is 97.2 Å².